The van der Waals surface area contributed by atoms with Gasteiger partial charge in [0.1, 0.15) is 12.2 Å². The third-order valence-electron chi connectivity index (χ3n) is 6.58. The van der Waals surface area contributed by atoms with Gasteiger partial charge in [0.15, 0.2) is 0 Å². The zero-order chi connectivity index (χ0) is 21.8. The molecule has 0 radical (unpaired) electrons. The summed E-state index contributed by atoms with van der Waals surface area (Å²) in [5.41, 5.74) is 10.5. The van der Waals surface area contributed by atoms with Gasteiger partial charge in [0.05, 0.1) is 23.5 Å². The average Bonchev–Trinajstić information content (AvgIpc) is 3.39. The van der Waals surface area contributed by atoms with Crippen molar-refractivity contribution in [3.05, 3.63) is 95.9 Å². The lowest BCUT2D eigenvalue weighted by molar-refractivity contribution is 0.0743. The molecule has 0 aromatic carbocycles. The Labute approximate surface area is 188 Å². The first-order valence-electron chi connectivity index (χ1n) is 11.3. The molecule has 5 rings (SSSR count). The fourth-order valence-corrected chi connectivity index (χ4v) is 5.06. The molecule has 0 amide bonds. The van der Waals surface area contributed by atoms with E-state index in [2.05, 4.69) is 50.2 Å². The fourth-order valence-electron chi connectivity index (χ4n) is 5.06. The van der Waals surface area contributed by atoms with E-state index in [1.54, 1.807) is 6.33 Å². The van der Waals surface area contributed by atoms with Crippen LogP contribution in [0.15, 0.2) is 67.6 Å². The summed E-state index contributed by atoms with van der Waals surface area (Å²) in [4.78, 5) is 24.3. The van der Waals surface area contributed by atoms with Gasteiger partial charge in [-0.2, -0.15) is 0 Å². The number of aromatic nitrogens is 5. The largest absolute Gasteiger partial charge is 0.347 e. The lowest BCUT2D eigenvalue weighted by Crippen LogP contribution is -2.39. The Kier molecular flexibility index (Phi) is 6.18. The molecule has 0 aliphatic heterocycles. The lowest BCUT2D eigenvalue weighted by Gasteiger charge is -2.42. The first-order chi connectivity index (χ1) is 15.8. The van der Waals surface area contributed by atoms with Crippen LogP contribution in [-0.4, -0.2) is 29.8 Å². The minimum atomic E-state index is 0.0599. The van der Waals surface area contributed by atoms with Crippen LogP contribution in [0, 0.1) is 5.92 Å². The first kappa shape index (κ1) is 20.7. The number of imidazole rings is 1. The molecule has 0 fully saturated rings. The highest BCUT2D eigenvalue weighted by molar-refractivity contribution is 5.27. The Bertz CT molecular complexity index is 1090. The second-order valence-electron chi connectivity index (χ2n) is 8.46. The van der Waals surface area contributed by atoms with Crippen LogP contribution in [0.2, 0.25) is 0 Å². The van der Waals surface area contributed by atoms with Crippen molar-refractivity contribution in [2.24, 2.45) is 11.7 Å². The van der Waals surface area contributed by atoms with E-state index in [1.165, 1.54) is 11.3 Å². The standard InChI is InChI=1S/C25H29N7/c26-14-20-15-27-17-31-21(20)16-32(22-10-4-8-18-9-5-11-28-23(18)22)24(25-29-12-13-30-25)19-6-2-1-3-7-19/h1-3,5-6,9,11-13,15,17,19,22,24H,4,7-8,10,14,16,26H2,(H,29,30). The van der Waals surface area contributed by atoms with Gasteiger partial charge in [-0.1, -0.05) is 30.4 Å². The third kappa shape index (κ3) is 4.13. The van der Waals surface area contributed by atoms with Crippen molar-refractivity contribution in [3.63, 3.8) is 0 Å². The first-order valence-corrected chi connectivity index (χ1v) is 11.3. The summed E-state index contributed by atoms with van der Waals surface area (Å²) in [6.07, 6.45) is 22.1. The Morgan fingerprint density at radius 2 is 2.16 bits per heavy atom. The van der Waals surface area contributed by atoms with Crippen molar-refractivity contribution in [1.82, 2.24) is 29.8 Å². The number of aryl methyl sites for hydroxylation is 1. The zero-order valence-electron chi connectivity index (χ0n) is 18.1. The van der Waals surface area contributed by atoms with Crippen LogP contribution >= 0.6 is 0 Å². The second-order valence-corrected chi connectivity index (χ2v) is 8.46. The summed E-state index contributed by atoms with van der Waals surface area (Å²) < 4.78 is 0. The molecule has 3 atom stereocenters. The molecular formula is C25H29N7. The van der Waals surface area contributed by atoms with Crippen molar-refractivity contribution in [3.8, 4) is 0 Å². The van der Waals surface area contributed by atoms with E-state index in [4.69, 9.17) is 15.7 Å². The second kappa shape index (κ2) is 9.54. The maximum atomic E-state index is 6.05. The zero-order valence-corrected chi connectivity index (χ0v) is 18.1. The number of nitrogens with zero attached hydrogens (tertiary/aromatic N) is 5. The van der Waals surface area contributed by atoms with Gasteiger partial charge in [0, 0.05) is 49.4 Å². The monoisotopic (exact) mass is 427 g/mol. The minimum absolute atomic E-state index is 0.0599. The molecule has 3 N–H and O–H groups in total. The highest BCUT2D eigenvalue weighted by Crippen LogP contribution is 2.42. The Balaban J connectivity index is 1.61. The number of hydrogen-bond donors (Lipinski definition) is 2. The van der Waals surface area contributed by atoms with Gasteiger partial charge in [0.2, 0.25) is 0 Å². The summed E-state index contributed by atoms with van der Waals surface area (Å²) >= 11 is 0. The van der Waals surface area contributed by atoms with Crippen molar-refractivity contribution in [1.29, 1.82) is 0 Å². The molecule has 3 aromatic rings. The summed E-state index contributed by atoms with van der Waals surface area (Å²) in [6, 6.07) is 4.49. The van der Waals surface area contributed by atoms with E-state index in [-0.39, 0.29) is 12.1 Å². The normalized spacial score (nSPS) is 20.9. The quantitative estimate of drug-likeness (QED) is 0.595. The third-order valence-corrected chi connectivity index (χ3v) is 6.58. The highest BCUT2D eigenvalue weighted by Gasteiger charge is 2.37. The van der Waals surface area contributed by atoms with Crippen molar-refractivity contribution in [2.45, 2.75) is 50.9 Å². The smallest absolute Gasteiger partial charge is 0.124 e. The fraction of sp³-hybridized carbons (Fsp3) is 0.360. The van der Waals surface area contributed by atoms with Crippen LogP contribution in [-0.2, 0) is 19.5 Å². The van der Waals surface area contributed by atoms with E-state index < -0.39 is 0 Å². The number of pyridine rings is 1. The molecule has 2 aliphatic rings. The topological polar surface area (TPSA) is 96.6 Å². The van der Waals surface area contributed by atoms with Gasteiger partial charge in [-0.15, -0.1) is 0 Å². The summed E-state index contributed by atoms with van der Waals surface area (Å²) in [5.74, 6) is 1.27. The van der Waals surface area contributed by atoms with Gasteiger partial charge in [0.25, 0.3) is 0 Å². The van der Waals surface area contributed by atoms with Crippen molar-refractivity contribution >= 4 is 0 Å². The molecule has 3 unspecified atom stereocenters. The van der Waals surface area contributed by atoms with E-state index in [9.17, 15) is 0 Å². The van der Waals surface area contributed by atoms with E-state index in [1.807, 2.05) is 30.9 Å². The molecule has 7 heteroatoms. The Hall–Kier alpha value is -3.16. The molecule has 0 bridgehead atoms. The van der Waals surface area contributed by atoms with Crippen LogP contribution < -0.4 is 5.73 Å². The number of nitrogens with one attached hydrogen (secondary N) is 1. The van der Waals surface area contributed by atoms with Gasteiger partial charge in [-0.3, -0.25) is 9.88 Å². The molecule has 3 heterocycles. The van der Waals surface area contributed by atoms with Crippen LogP contribution in [0.5, 0.6) is 0 Å². The molecular weight excluding hydrogens is 398 g/mol. The molecule has 164 valence electrons. The minimum Gasteiger partial charge on any atom is -0.347 e. The molecule has 0 saturated carbocycles. The molecule has 32 heavy (non-hydrogen) atoms. The summed E-state index contributed by atoms with van der Waals surface area (Å²) in [5, 5.41) is 0. The molecule has 0 saturated heterocycles. The Morgan fingerprint density at radius 3 is 2.97 bits per heavy atom. The van der Waals surface area contributed by atoms with Crippen LogP contribution in [0.4, 0.5) is 0 Å². The van der Waals surface area contributed by atoms with Crippen LogP contribution in [0.3, 0.4) is 0 Å². The number of H-pyrrole nitrogens is 1. The predicted octanol–water partition coefficient (Wildman–Crippen LogP) is 3.81. The highest BCUT2D eigenvalue weighted by atomic mass is 15.2. The van der Waals surface area contributed by atoms with E-state index >= 15 is 0 Å². The van der Waals surface area contributed by atoms with Crippen molar-refractivity contribution < 1.29 is 0 Å². The van der Waals surface area contributed by atoms with Gasteiger partial charge in [-0.25, -0.2) is 15.0 Å². The molecule has 2 aliphatic carbocycles. The maximum absolute atomic E-state index is 6.05. The van der Waals surface area contributed by atoms with E-state index in [0.717, 1.165) is 42.8 Å². The molecule has 3 aromatic heterocycles. The number of fused-ring (bicyclic) bond motifs is 1. The van der Waals surface area contributed by atoms with Crippen molar-refractivity contribution in [2.75, 3.05) is 0 Å². The van der Waals surface area contributed by atoms with Gasteiger partial charge in [-0.05, 0) is 37.3 Å². The molecule has 0 spiro atoms. The predicted molar refractivity (Wildman–Crippen MR) is 123 cm³/mol. The molecule has 7 nitrogen and oxygen atoms in total. The maximum Gasteiger partial charge on any atom is 0.124 e. The average molecular weight is 428 g/mol. The number of rotatable bonds is 7. The summed E-state index contributed by atoms with van der Waals surface area (Å²) in [7, 11) is 0. The van der Waals surface area contributed by atoms with Crippen LogP contribution in [0.25, 0.3) is 0 Å². The number of allylic oxidation sites excluding steroid dienone is 3. The summed E-state index contributed by atoms with van der Waals surface area (Å²) in [6.45, 7) is 1.08. The van der Waals surface area contributed by atoms with Gasteiger partial charge >= 0.3 is 0 Å². The number of nitrogens with two attached hydrogens (primary N) is 1. The Morgan fingerprint density at radius 1 is 1.19 bits per heavy atom. The van der Waals surface area contributed by atoms with E-state index in [0.29, 0.717) is 19.0 Å². The lowest BCUT2D eigenvalue weighted by atomic mass is 9.85. The van der Waals surface area contributed by atoms with Gasteiger partial charge < -0.3 is 10.7 Å². The number of aromatic amines is 1. The number of hydrogen-bond acceptors (Lipinski definition) is 6. The SMILES string of the molecule is NCc1cncnc1CN(C1CCCc2cccnc21)C(c1ncc[nH]1)C1C=CC=CC1. The van der Waals surface area contributed by atoms with Crippen LogP contribution in [0.1, 0.15) is 59.7 Å².